The Bertz CT molecular complexity index is 661. The maximum Gasteiger partial charge on any atom is 0.0688 e. The maximum absolute atomic E-state index is 4.50. The molecule has 1 heterocycles. The van der Waals surface area contributed by atoms with E-state index in [0.717, 1.165) is 24.2 Å². The molecule has 0 fully saturated rings. The molecule has 0 bridgehead atoms. The van der Waals surface area contributed by atoms with Gasteiger partial charge < -0.3 is 0 Å². The first-order valence-electron chi connectivity index (χ1n) is 8.20. The Morgan fingerprint density at radius 3 is 1.95 bits per heavy atom. The second-order valence-corrected chi connectivity index (χ2v) is 6.81. The number of hydrogen-bond donors (Lipinski definition) is 0. The third-order valence-electron chi connectivity index (χ3n) is 4.66. The van der Waals surface area contributed by atoms with Crippen molar-refractivity contribution >= 4 is 0 Å². The summed E-state index contributed by atoms with van der Waals surface area (Å²) in [5.41, 5.74) is 10.4. The average Bonchev–Trinajstić information content (AvgIpc) is 2.41. The summed E-state index contributed by atoms with van der Waals surface area (Å²) in [6.45, 7) is 15.3. The molecule has 0 aliphatic heterocycles. The number of aryl methyl sites for hydroxylation is 4. The van der Waals surface area contributed by atoms with E-state index in [1.54, 1.807) is 0 Å². The van der Waals surface area contributed by atoms with E-state index in [0.29, 0.717) is 5.92 Å². The Morgan fingerprint density at radius 1 is 0.818 bits per heavy atom. The van der Waals surface area contributed by atoms with Gasteiger partial charge in [-0.15, -0.1) is 0 Å². The van der Waals surface area contributed by atoms with Crippen LogP contribution in [-0.2, 0) is 12.8 Å². The molecule has 118 valence electrons. The van der Waals surface area contributed by atoms with Crippen LogP contribution in [0.3, 0.4) is 0 Å². The summed E-state index contributed by atoms with van der Waals surface area (Å²) in [5.74, 6) is 0.432. The number of benzene rings is 1. The van der Waals surface area contributed by atoms with Crippen molar-refractivity contribution in [3.05, 3.63) is 56.9 Å². The molecule has 0 atom stereocenters. The molecule has 2 heteroatoms. The first-order chi connectivity index (χ1) is 10.3. The summed E-state index contributed by atoms with van der Waals surface area (Å²) in [7, 11) is 0. The van der Waals surface area contributed by atoms with Crippen LogP contribution in [0.1, 0.15) is 64.5 Å². The molecule has 0 radical (unpaired) electrons. The summed E-state index contributed by atoms with van der Waals surface area (Å²) >= 11 is 0. The summed E-state index contributed by atoms with van der Waals surface area (Å²) in [6, 6.07) is 4.54. The predicted octanol–water partition coefficient (Wildman–Crippen LogP) is 4.93. The van der Waals surface area contributed by atoms with Crippen LogP contribution in [0.5, 0.6) is 0 Å². The van der Waals surface area contributed by atoms with Gasteiger partial charge in [0.2, 0.25) is 0 Å². The quantitative estimate of drug-likeness (QED) is 0.799. The van der Waals surface area contributed by atoms with E-state index >= 15 is 0 Å². The molecule has 2 aromatic rings. The Balaban J connectivity index is 2.25. The molecule has 0 N–H and O–H groups in total. The van der Waals surface area contributed by atoms with Crippen molar-refractivity contribution in [1.29, 1.82) is 0 Å². The second-order valence-electron chi connectivity index (χ2n) is 6.81. The molecule has 1 aromatic heterocycles. The maximum atomic E-state index is 4.50. The van der Waals surface area contributed by atoms with E-state index in [1.807, 2.05) is 0 Å². The molecular formula is C20H28N2. The molecule has 1 aromatic carbocycles. The molecule has 0 aliphatic carbocycles. The fourth-order valence-corrected chi connectivity index (χ4v) is 3.31. The van der Waals surface area contributed by atoms with Crippen molar-refractivity contribution < 1.29 is 0 Å². The largest absolute Gasteiger partial charge is 0.155 e. The van der Waals surface area contributed by atoms with E-state index in [1.165, 1.54) is 33.4 Å². The molecule has 0 saturated heterocycles. The van der Waals surface area contributed by atoms with E-state index in [-0.39, 0.29) is 0 Å². The van der Waals surface area contributed by atoms with E-state index in [9.17, 15) is 0 Å². The number of hydrogen-bond acceptors (Lipinski definition) is 2. The first kappa shape index (κ1) is 16.7. The predicted molar refractivity (Wildman–Crippen MR) is 93.7 cm³/mol. The highest BCUT2D eigenvalue weighted by atomic mass is 15.1. The Morgan fingerprint density at radius 2 is 1.41 bits per heavy atom. The molecule has 0 amide bonds. The number of nitrogens with zero attached hydrogens (tertiary/aromatic N) is 2. The van der Waals surface area contributed by atoms with Gasteiger partial charge in [0.1, 0.15) is 0 Å². The van der Waals surface area contributed by atoms with Crippen LogP contribution in [0, 0.1) is 34.6 Å². The third kappa shape index (κ3) is 3.37. The lowest BCUT2D eigenvalue weighted by Gasteiger charge is -2.15. The SMILES string of the molecule is Cc1cc(C)c(CCc2nnc(C(C)C)c(C)c2C)c(C)c1. The molecule has 2 rings (SSSR count). The van der Waals surface area contributed by atoms with Gasteiger partial charge in [0.05, 0.1) is 11.4 Å². The van der Waals surface area contributed by atoms with Crippen LogP contribution < -0.4 is 0 Å². The molecule has 2 nitrogen and oxygen atoms in total. The van der Waals surface area contributed by atoms with Gasteiger partial charge in [0.15, 0.2) is 0 Å². The van der Waals surface area contributed by atoms with Crippen LogP contribution in [0.4, 0.5) is 0 Å². The van der Waals surface area contributed by atoms with Crippen molar-refractivity contribution in [1.82, 2.24) is 10.2 Å². The summed E-state index contributed by atoms with van der Waals surface area (Å²) in [6.07, 6.45) is 2.00. The normalized spacial score (nSPS) is 11.3. The minimum Gasteiger partial charge on any atom is -0.155 e. The highest BCUT2D eigenvalue weighted by Gasteiger charge is 2.13. The topological polar surface area (TPSA) is 25.8 Å². The molecular weight excluding hydrogens is 268 g/mol. The van der Waals surface area contributed by atoms with E-state index in [4.69, 9.17) is 0 Å². The number of rotatable bonds is 4. The lowest BCUT2D eigenvalue weighted by atomic mass is 9.94. The lowest BCUT2D eigenvalue weighted by Crippen LogP contribution is -2.08. The van der Waals surface area contributed by atoms with Gasteiger partial charge in [-0.25, -0.2) is 0 Å². The van der Waals surface area contributed by atoms with Crippen LogP contribution in [0.25, 0.3) is 0 Å². The highest BCUT2D eigenvalue weighted by molar-refractivity contribution is 5.39. The second kappa shape index (κ2) is 6.60. The molecule has 22 heavy (non-hydrogen) atoms. The average molecular weight is 296 g/mol. The van der Waals surface area contributed by atoms with Crippen molar-refractivity contribution in [2.45, 2.75) is 67.2 Å². The van der Waals surface area contributed by atoms with Gasteiger partial charge in [0.25, 0.3) is 0 Å². The molecule has 0 aliphatic rings. The Labute approximate surface area is 135 Å². The molecule has 0 unspecified atom stereocenters. The van der Waals surface area contributed by atoms with Crippen LogP contribution in [0.2, 0.25) is 0 Å². The van der Waals surface area contributed by atoms with Crippen LogP contribution >= 0.6 is 0 Å². The Kier molecular flexibility index (Phi) is 5.00. The van der Waals surface area contributed by atoms with Crippen molar-refractivity contribution in [3.8, 4) is 0 Å². The zero-order chi connectivity index (χ0) is 16.4. The van der Waals surface area contributed by atoms with E-state index < -0.39 is 0 Å². The van der Waals surface area contributed by atoms with Gasteiger partial charge in [-0.2, -0.15) is 10.2 Å². The zero-order valence-corrected chi connectivity index (χ0v) is 15.0. The number of aromatic nitrogens is 2. The van der Waals surface area contributed by atoms with Gasteiger partial charge in [-0.1, -0.05) is 31.5 Å². The molecule has 0 saturated carbocycles. The fourth-order valence-electron chi connectivity index (χ4n) is 3.31. The minimum absolute atomic E-state index is 0.432. The summed E-state index contributed by atoms with van der Waals surface area (Å²) < 4.78 is 0. The van der Waals surface area contributed by atoms with Crippen LogP contribution in [-0.4, -0.2) is 10.2 Å². The standard InChI is InChI=1S/C20H28N2/c1-12(2)20-17(7)16(6)19(21-22-20)9-8-18-14(4)10-13(3)11-15(18)5/h10-12H,8-9H2,1-7H3. The smallest absolute Gasteiger partial charge is 0.0688 e. The summed E-state index contributed by atoms with van der Waals surface area (Å²) in [5, 5.41) is 8.96. The van der Waals surface area contributed by atoms with Gasteiger partial charge in [-0.05, 0) is 81.2 Å². The van der Waals surface area contributed by atoms with Crippen molar-refractivity contribution in [2.24, 2.45) is 0 Å². The van der Waals surface area contributed by atoms with Gasteiger partial charge in [-0.3, -0.25) is 0 Å². The summed E-state index contributed by atoms with van der Waals surface area (Å²) in [4.78, 5) is 0. The van der Waals surface area contributed by atoms with Gasteiger partial charge >= 0.3 is 0 Å². The van der Waals surface area contributed by atoms with Gasteiger partial charge in [0, 0.05) is 0 Å². The minimum atomic E-state index is 0.432. The Hall–Kier alpha value is -1.70. The van der Waals surface area contributed by atoms with E-state index in [2.05, 4.69) is 70.8 Å². The van der Waals surface area contributed by atoms with Crippen LogP contribution in [0.15, 0.2) is 12.1 Å². The molecule has 0 spiro atoms. The lowest BCUT2D eigenvalue weighted by molar-refractivity contribution is 0.739. The zero-order valence-electron chi connectivity index (χ0n) is 15.0. The monoisotopic (exact) mass is 296 g/mol. The van der Waals surface area contributed by atoms with Crippen molar-refractivity contribution in [3.63, 3.8) is 0 Å². The first-order valence-corrected chi connectivity index (χ1v) is 8.20. The highest BCUT2D eigenvalue weighted by Crippen LogP contribution is 2.23. The third-order valence-corrected chi connectivity index (χ3v) is 4.66. The fraction of sp³-hybridized carbons (Fsp3) is 0.500. The van der Waals surface area contributed by atoms with Crippen molar-refractivity contribution in [2.75, 3.05) is 0 Å².